The van der Waals surface area contributed by atoms with E-state index in [4.69, 9.17) is 10.9 Å². The van der Waals surface area contributed by atoms with E-state index >= 15 is 0 Å². The molecule has 0 saturated heterocycles. The number of nitrogens with two attached hydrogens (primary N) is 1. The smallest absolute Gasteiger partial charge is 0.156 e. The minimum absolute atomic E-state index is 0.00344. The van der Waals surface area contributed by atoms with Gasteiger partial charge in [0, 0.05) is 6.54 Å². The molecule has 4 nitrogen and oxygen atoms in total. The number of benzene rings is 1. The van der Waals surface area contributed by atoms with Crippen LogP contribution in [0.1, 0.15) is 18.9 Å². The Balaban J connectivity index is 2.51. The molecule has 94 valence electrons. The van der Waals surface area contributed by atoms with Crippen molar-refractivity contribution in [3.05, 3.63) is 35.9 Å². The molecule has 0 aliphatic heterocycles. The lowest BCUT2D eigenvalue weighted by Crippen LogP contribution is -2.43. The molecule has 0 heterocycles. The van der Waals surface area contributed by atoms with Crippen molar-refractivity contribution in [2.75, 3.05) is 13.6 Å². The van der Waals surface area contributed by atoms with Crippen LogP contribution in [-0.4, -0.2) is 35.6 Å². The molecule has 0 radical (unpaired) electrons. The number of likely N-dealkylation sites (N-methyl/N-ethyl adjacent to an activating group) is 1. The quantitative estimate of drug-likeness (QED) is 0.341. The van der Waals surface area contributed by atoms with Gasteiger partial charge in [0.2, 0.25) is 0 Å². The van der Waals surface area contributed by atoms with Gasteiger partial charge < -0.3 is 10.9 Å². The maximum Gasteiger partial charge on any atom is 0.156 e. The van der Waals surface area contributed by atoms with E-state index in [0.29, 0.717) is 0 Å². The zero-order chi connectivity index (χ0) is 12.7. The predicted molar refractivity (Wildman–Crippen MR) is 70.3 cm³/mol. The van der Waals surface area contributed by atoms with Crippen LogP contribution in [0.4, 0.5) is 0 Å². The second-order valence-electron chi connectivity index (χ2n) is 4.17. The van der Waals surface area contributed by atoms with Crippen molar-refractivity contribution in [2.45, 2.75) is 25.8 Å². The summed E-state index contributed by atoms with van der Waals surface area (Å²) < 4.78 is 0. The Bertz CT molecular complexity index is 351. The largest absolute Gasteiger partial charge is 0.409 e. The van der Waals surface area contributed by atoms with Crippen LogP contribution >= 0.6 is 0 Å². The molecule has 0 saturated carbocycles. The fourth-order valence-electron chi connectivity index (χ4n) is 1.92. The van der Waals surface area contributed by atoms with E-state index in [0.717, 1.165) is 19.4 Å². The fourth-order valence-corrected chi connectivity index (χ4v) is 1.92. The summed E-state index contributed by atoms with van der Waals surface area (Å²) in [6.45, 7) is 2.92. The number of amidine groups is 1. The average molecular weight is 235 g/mol. The first-order chi connectivity index (χ1) is 8.19. The van der Waals surface area contributed by atoms with Crippen LogP contribution < -0.4 is 5.73 Å². The monoisotopic (exact) mass is 235 g/mol. The molecule has 0 fully saturated rings. The molecule has 1 atom stereocenters. The summed E-state index contributed by atoms with van der Waals surface area (Å²) in [5.41, 5.74) is 6.96. The Hall–Kier alpha value is -1.55. The van der Waals surface area contributed by atoms with Gasteiger partial charge in [0.05, 0.1) is 6.04 Å². The molecule has 1 unspecified atom stereocenters. The molecule has 0 aliphatic carbocycles. The van der Waals surface area contributed by atoms with Gasteiger partial charge in [0.1, 0.15) is 0 Å². The van der Waals surface area contributed by atoms with E-state index in [1.807, 2.05) is 32.2 Å². The Labute approximate surface area is 103 Å². The van der Waals surface area contributed by atoms with Gasteiger partial charge in [-0.25, -0.2) is 0 Å². The van der Waals surface area contributed by atoms with Crippen LogP contribution in [0.15, 0.2) is 35.5 Å². The summed E-state index contributed by atoms with van der Waals surface area (Å²) in [6, 6.07) is 10.3. The van der Waals surface area contributed by atoms with Crippen molar-refractivity contribution in [2.24, 2.45) is 10.9 Å². The third kappa shape index (κ3) is 4.07. The molecule has 1 rings (SSSR count). The van der Waals surface area contributed by atoms with Crippen LogP contribution in [-0.2, 0) is 6.42 Å². The summed E-state index contributed by atoms with van der Waals surface area (Å²) in [6.07, 6.45) is 1.80. The van der Waals surface area contributed by atoms with Crippen molar-refractivity contribution in [3.8, 4) is 0 Å². The molecule has 17 heavy (non-hydrogen) atoms. The summed E-state index contributed by atoms with van der Waals surface area (Å²) in [5, 5.41) is 11.8. The summed E-state index contributed by atoms with van der Waals surface area (Å²) in [4.78, 5) is 2.11. The molecular weight excluding hydrogens is 214 g/mol. The Morgan fingerprint density at radius 3 is 2.59 bits per heavy atom. The highest BCUT2D eigenvalue weighted by atomic mass is 16.4. The first-order valence-electron chi connectivity index (χ1n) is 5.90. The molecule has 4 heteroatoms. The second-order valence-corrected chi connectivity index (χ2v) is 4.17. The van der Waals surface area contributed by atoms with Crippen LogP contribution in [0.25, 0.3) is 0 Å². The van der Waals surface area contributed by atoms with E-state index in [1.54, 1.807) is 0 Å². The van der Waals surface area contributed by atoms with Gasteiger partial charge in [-0.05, 0) is 25.5 Å². The lowest BCUT2D eigenvalue weighted by molar-refractivity contribution is 0.272. The number of nitrogens with zero attached hydrogens (tertiary/aromatic N) is 2. The maximum absolute atomic E-state index is 8.71. The standard InChI is InChI=1S/C13H21N3O/c1-3-12(13(14)15-17)16(2)10-9-11-7-5-4-6-8-11/h4-8,12,17H,3,9-10H2,1-2H3,(H2,14,15). The number of hydrogen-bond acceptors (Lipinski definition) is 3. The lowest BCUT2D eigenvalue weighted by atomic mass is 10.1. The van der Waals surface area contributed by atoms with E-state index in [-0.39, 0.29) is 11.9 Å². The molecular formula is C13H21N3O. The van der Waals surface area contributed by atoms with Gasteiger partial charge in [-0.1, -0.05) is 42.4 Å². The molecule has 0 bridgehead atoms. The van der Waals surface area contributed by atoms with Crippen LogP contribution in [0.2, 0.25) is 0 Å². The number of rotatable bonds is 6. The molecule has 0 aliphatic rings. The predicted octanol–water partition coefficient (Wildman–Crippen LogP) is 1.69. The molecule has 1 aromatic rings. The van der Waals surface area contributed by atoms with Crippen molar-refractivity contribution in [1.29, 1.82) is 0 Å². The highest BCUT2D eigenvalue weighted by molar-refractivity contribution is 5.85. The molecule has 0 amide bonds. The molecule has 1 aromatic carbocycles. The van der Waals surface area contributed by atoms with E-state index < -0.39 is 0 Å². The lowest BCUT2D eigenvalue weighted by Gasteiger charge is -2.25. The summed E-state index contributed by atoms with van der Waals surface area (Å²) >= 11 is 0. The van der Waals surface area contributed by atoms with Crippen LogP contribution in [0.3, 0.4) is 0 Å². The van der Waals surface area contributed by atoms with Crippen molar-refractivity contribution < 1.29 is 5.21 Å². The van der Waals surface area contributed by atoms with E-state index in [2.05, 4.69) is 22.2 Å². The van der Waals surface area contributed by atoms with Gasteiger partial charge in [0.25, 0.3) is 0 Å². The van der Waals surface area contributed by atoms with Crippen molar-refractivity contribution in [1.82, 2.24) is 4.90 Å². The molecule has 0 aromatic heterocycles. The minimum atomic E-state index is 0.00344. The third-order valence-electron chi connectivity index (χ3n) is 2.97. The van der Waals surface area contributed by atoms with Gasteiger partial charge in [-0.2, -0.15) is 0 Å². The zero-order valence-electron chi connectivity index (χ0n) is 10.5. The maximum atomic E-state index is 8.71. The first kappa shape index (κ1) is 13.5. The van der Waals surface area contributed by atoms with Gasteiger partial charge in [-0.15, -0.1) is 0 Å². The van der Waals surface area contributed by atoms with Crippen LogP contribution in [0, 0.1) is 0 Å². The minimum Gasteiger partial charge on any atom is -0.409 e. The van der Waals surface area contributed by atoms with Crippen molar-refractivity contribution in [3.63, 3.8) is 0 Å². The van der Waals surface area contributed by atoms with Gasteiger partial charge in [-0.3, -0.25) is 4.90 Å². The SMILES string of the molecule is CCC(C(N)=NO)N(C)CCc1ccccc1. The highest BCUT2D eigenvalue weighted by Gasteiger charge is 2.16. The highest BCUT2D eigenvalue weighted by Crippen LogP contribution is 2.05. The fraction of sp³-hybridized carbons (Fsp3) is 0.462. The van der Waals surface area contributed by atoms with Crippen LogP contribution in [0.5, 0.6) is 0 Å². The van der Waals surface area contributed by atoms with E-state index in [9.17, 15) is 0 Å². The normalized spacial score (nSPS) is 13.9. The molecule has 0 spiro atoms. The number of oxime groups is 1. The average Bonchev–Trinajstić information content (AvgIpc) is 2.38. The first-order valence-corrected chi connectivity index (χ1v) is 5.90. The second kappa shape index (κ2) is 6.91. The summed E-state index contributed by atoms with van der Waals surface area (Å²) in [7, 11) is 2.00. The topological polar surface area (TPSA) is 61.9 Å². The summed E-state index contributed by atoms with van der Waals surface area (Å²) in [5.74, 6) is 0.281. The number of hydrogen-bond donors (Lipinski definition) is 2. The molecule has 3 N–H and O–H groups in total. The zero-order valence-corrected chi connectivity index (χ0v) is 10.5. The van der Waals surface area contributed by atoms with E-state index in [1.165, 1.54) is 5.56 Å². The Morgan fingerprint density at radius 2 is 2.06 bits per heavy atom. The Kier molecular flexibility index (Phi) is 5.49. The third-order valence-corrected chi connectivity index (χ3v) is 2.97. The van der Waals surface area contributed by atoms with Crippen molar-refractivity contribution >= 4 is 5.84 Å². The van der Waals surface area contributed by atoms with Gasteiger partial charge in [0.15, 0.2) is 5.84 Å². The van der Waals surface area contributed by atoms with Gasteiger partial charge >= 0.3 is 0 Å². The Morgan fingerprint density at radius 1 is 1.41 bits per heavy atom.